The van der Waals surface area contributed by atoms with E-state index in [0.29, 0.717) is 18.5 Å². The second-order valence-electron chi connectivity index (χ2n) is 9.43. The van der Waals surface area contributed by atoms with Crippen molar-refractivity contribution >= 4 is 63.9 Å². The summed E-state index contributed by atoms with van der Waals surface area (Å²) >= 11 is 0. The minimum atomic E-state index is -1.03. The number of carbonyl (C=O) groups excluding carboxylic acids is 2. The molecular weight excluding hydrogens is 515 g/mol. The molecule has 1 unspecified atom stereocenters. The number of aryl methyl sites for hydroxylation is 1. The fraction of sp³-hybridized carbons (Fsp3) is 0.226. The Bertz CT molecular complexity index is 1460. The van der Waals surface area contributed by atoms with Crippen molar-refractivity contribution < 1.29 is 19.5 Å². The number of carbonyl (C=O) groups is 3. The van der Waals surface area contributed by atoms with Crippen molar-refractivity contribution in [1.82, 2.24) is 15.6 Å². The van der Waals surface area contributed by atoms with E-state index in [0.717, 1.165) is 33.3 Å². The van der Waals surface area contributed by atoms with Crippen molar-refractivity contribution in [1.29, 1.82) is 0 Å². The van der Waals surface area contributed by atoms with E-state index in [1.165, 1.54) is 0 Å². The Morgan fingerprint density at radius 3 is 2.33 bits per heavy atom. The van der Waals surface area contributed by atoms with E-state index in [1.54, 1.807) is 6.20 Å². The summed E-state index contributed by atoms with van der Waals surface area (Å²) in [4.78, 5) is 40.4. The summed E-state index contributed by atoms with van der Waals surface area (Å²) in [5, 5.41) is 20.2. The molecule has 8 nitrogen and oxygen atoms in total. The van der Waals surface area contributed by atoms with Gasteiger partial charge in [-0.1, -0.05) is 60.7 Å². The van der Waals surface area contributed by atoms with E-state index in [2.05, 4.69) is 45.2 Å². The zero-order valence-electron chi connectivity index (χ0n) is 22.8. The first kappa shape index (κ1) is 30.8. The van der Waals surface area contributed by atoms with Crippen molar-refractivity contribution in [3.63, 3.8) is 0 Å². The number of anilines is 1. The molecule has 4 rings (SSSR count). The van der Waals surface area contributed by atoms with Crippen LogP contribution in [0.4, 0.5) is 5.82 Å². The third-order valence-corrected chi connectivity index (χ3v) is 6.36. The van der Waals surface area contributed by atoms with E-state index < -0.39 is 17.9 Å². The number of amides is 2. The molecule has 1 atom stereocenters. The summed E-state index contributed by atoms with van der Waals surface area (Å²) in [5.74, 6) is -0.975. The van der Waals surface area contributed by atoms with Crippen LogP contribution >= 0.6 is 0 Å². The van der Waals surface area contributed by atoms with Gasteiger partial charge in [-0.25, -0.2) is 4.98 Å². The Morgan fingerprint density at radius 2 is 1.60 bits per heavy atom. The van der Waals surface area contributed by atoms with Crippen LogP contribution in [-0.2, 0) is 14.4 Å². The van der Waals surface area contributed by atoms with Crippen LogP contribution in [0.3, 0.4) is 0 Å². The standard InChI is InChI=1S/C31H32N4O4.Na/c1-21-14-16-33-28(17-21)32-15-4-7-29(36)34-20-30(37)35-27(19-31(38)39)24-11-8-23(9-12-24)26-13-10-22-5-2-3-6-25(22)18-26;/h2-3,5-6,8-14,16-18,27H,4,7,15,19-20H2,1H3,(H,32,33)(H,34,36)(H,35,37)(H,38,39);. The molecule has 2 amide bonds. The van der Waals surface area contributed by atoms with Crippen LogP contribution in [0.25, 0.3) is 21.9 Å². The molecule has 1 aromatic heterocycles. The van der Waals surface area contributed by atoms with Gasteiger partial charge in [0, 0.05) is 48.7 Å². The summed E-state index contributed by atoms with van der Waals surface area (Å²) in [5.41, 5.74) is 3.81. The van der Waals surface area contributed by atoms with Crippen molar-refractivity contribution in [2.75, 3.05) is 18.4 Å². The van der Waals surface area contributed by atoms with Crippen molar-refractivity contribution in [2.45, 2.75) is 32.2 Å². The minimum Gasteiger partial charge on any atom is -0.481 e. The molecule has 1 radical (unpaired) electrons. The van der Waals surface area contributed by atoms with Gasteiger partial charge in [0.2, 0.25) is 11.8 Å². The first-order valence-corrected chi connectivity index (χ1v) is 12.9. The Kier molecular flexibility index (Phi) is 11.7. The second-order valence-corrected chi connectivity index (χ2v) is 9.43. The summed E-state index contributed by atoms with van der Waals surface area (Å²) in [7, 11) is 0. The average Bonchev–Trinajstić information content (AvgIpc) is 2.93. The van der Waals surface area contributed by atoms with Crippen LogP contribution in [0.2, 0.25) is 0 Å². The van der Waals surface area contributed by atoms with E-state index in [-0.39, 0.29) is 54.9 Å². The van der Waals surface area contributed by atoms with Crippen LogP contribution in [0.1, 0.15) is 36.4 Å². The number of nitrogens with one attached hydrogen (secondary N) is 3. The van der Waals surface area contributed by atoms with E-state index in [4.69, 9.17) is 0 Å². The fourth-order valence-corrected chi connectivity index (χ4v) is 4.31. The van der Waals surface area contributed by atoms with E-state index >= 15 is 0 Å². The molecule has 0 saturated carbocycles. The quantitative estimate of drug-likeness (QED) is 0.153. The van der Waals surface area contributed by atoms with Gasteiger partial charge in [0.1, 0.15) is 5.82 Å². The maximum atomic E-state index is 12.5. The van der Waals surface area contributed by atoms with E-state index in [9.17, 15) is 19.5 Å². The predicted molar refractivity (Wildman–Crippen MR) is 158 cm³/mol. The molecule has 0 aliphatic rings. The van der Waals surface area contributed by atoms with Crippen LogP contribution < -0.4 is 16.0 Å². The van der Waals surface area contributed by atoms with Crippen molar-refractivity contribution in [3.8, 4) is 11.1 Å². The molecule has 4 N–H and O–H groups in total. The van der Waals surface area contributed by atoms with Crippen LogP contribution in [0.5, 0.6) is 0 Å². The predicted octanol–water partition coefficient (Wildman–Crippen LogP) is 4.47. The molecule has 0 aliphatic carbocycles. The smallest absolute Gasteiger partial charge is 0.305 e. The fourth-order valence-electron chi connectivity index (χ4n) is 4.31. The maximum absolute atomic E-state index is 12.5. The number of carboxylic acids is 1. The molecular formula is C31H32N4NaO4. The van der Waals surface area contributed by atoms with Crippen molar-refractivity contribution in [3.05, 3.63) is 96.2 Å². The molecule has 201 valence electrons. The summed E-state index contributed by atoms with van der Waals surface area (Å²) in [6.45, 7) is 2.33. The zero-order valence-corrected chi connectivity index (χ0v) is 24.8. The Hall–Kier alpha value is -3.72. The normalized spacial score (nSPS) is 11.2. The summed E-state index contributed by atoms with van der Waals surface area (Å²) in [6, 6.07) is 25.0. The maximum Gasteiger partial charge on any atom is 0.305 e. The molecule has 0 aliphatic heterocycles. The number of benzene rings is 3. The summed E-state index contributed by atoms with van der Waals surface area (Å²) < 4.78 is 0. The number of nitrogens with zero attached hydrogens (tertiary/aromatic N) is 1. The second kappa shape index (κ2) is 15.2. The molecule has 0 bridgehead atoms. The molecule has 40 heavy (non-hydrogen) atoms. The van der Waals surface area contributed by atoms with Gasteiger partial charge in [-0.15, -0.1) is 0 Å². The van der Waals surface area contributed by atoms with Crippen molar-refractivity contribution in [2.24, 2.45) is 0 Å². The molecule has 3 aromatic carbocycles. The average molecular weight is 548 g/mol. The number of hydrogen-bond acceptors (Lipinski definition) is 5. The first-order chi connectivity index (χ1) is 18.9. The number of fused-ring (bicyclic) bond motifs is 1. The molecule has 0 saturated heterocycles. The monoisotopic (exact) mass is 547 g/mol. The van der Waals surface area contributed by atoms with Gasteiger partial charge in [-0.05, 0) is 64.6 Å². The Balaban J connectivity index is 0.00000441. The van der Waals surface area contributed by atoms with Gasteiger partial charge < -0.3 is 21.1 Å². The molecule has 0 spiro atoms. The minimum absolute atomic E-state index is 0. The number of rotatable bonds is 12. The number of aromatic nitrogens is 1. The van der Waals surface area contributed by atoms with Gasteiger partial charge in [0.05, 0.1) is 19.0 Å². The van der Waals surface area contributed by atoms with Gasteiger partial charge >= 0.3 is 5.97 Å². The molecule has 9 heteroatoms. The Morgan fingerprint density at radius 1 is 0.875 bits per heavy atom. The van der Waals surface area contributed by atoms with Crippen LogP contribution in [0.15, 0.2) is 85.1 Å². The first-order valence-electron chi connectivity index (χ1n) is 12.9. The topological polar surface area (TPSA) is 120 Å². The molecule has 1 heterocycles. The van der Waals surface area contributed by atoms with Gasteiger partial charge in [0.15, 0.2) is 0 Å². The third-order valence-electron chi connectivity index (χ3n) is 6.36. The molecule has 4 aromatic rings. The van der Waals surface area contributed by atoms with Gasteiger partial charge in [0.25, 0.3) is 0 Å². The van der Waals surface area contributed by atoms with Gasteiger partial charge in [-0.3, -0.25) is 14.4 Å². The molecule has 0 fully saturated rings. The number of aliphatic carboxylic acids is 1. The van der Waals surface area contributed by atoms with E-state index in [1.807, 2.05) is 61.5 Å². The number of pyridine rings is 1. The number of hydrogen-bond donors (Lipinski definition) is 4. The largest absolute Gasteiger partial charge is 0.481 e. The van der Waals surface area contributed by atoms with Gasteiger partial charge in [-0.2, -0.15) is 0 Å². The third kappa shape index (κ3) is 9.19. The summed E-state index contributed by atoms with van der Waals surface area (Å²) in [6.07, 6.45) is 2.28. The zero-order chi connectivity index (χ0) is 27.6. The van der Waals surface area contributed by atoms with Crippen LogP contribution in [0, 0.1) is 6.92 Å². The van der Waals surface area contributed by atoms with Crippen LogP contribution in [-0.4, -0.2) is 70.5 Å². The Labute approximate surface area is 255 Å². The number of carboxylic acid groups (broad SMARTS) is 1. The SMILES string of the molecule is Cc1ccnc(NCCCC(=O)NCC(=O)NC(CC(=O)O)c2ccc(-c3ccc4ccccc4c3)cc2)c1.[Na].